The monoisotopic (exact) mass is 306 g/mol. The second-order valence-electron chi connectivity index (χ2n) is 5.33. The minimum Gasteiger partial charge on any atom is -0.382 e. The van der Waals surface area contributed by atoms with E-state index in [4.69, 9.17) is 19.6 Å². The van der Waals surface area contributed by atoms with Crippen LogP contribution in [0.4, 0.5) is 0 Å². The molecule has 8 heteroatoms. The van der Waals surface area contributed by atoms with E-state index < -0.39 is 6.04 Å². The van der Waals surface area contributed by atoms with Crippen LogP contribution in [0.2, 0.25) is 0 Å². The van der Waals surface area contributed by atoms with Gasteiger partial charge in [-0.2, -0.15) is 0 Å². The number of ether oxygens (including phenoxy) is 3. The van der Waals surface area contributed by atoms with Crippen LogP contribution >= 0.6 is 0 Å². The summed E-state index contributed by atoms with van der Waals surface area (Å²) in [7, 11) is 3.27. The maximum absolute atomic E-state index is 11.8. The Hall–Kier alpha value is -1.90. The van der Waals surface area contributed by atoms with Gasteiger partial charge in [-0.25, -0.2) is 4.99 Å². The fourth-order valence-corrected chi connectivity index (χ4v) is 2.83. The minimum absolute atomic E-state index is 0.0492. The third-order valence-electron chi connectivity index (χ3n) is 3.90. The topological polar surface area (TPSA) is 105 Å². The number of rotatable bonds is 4. The molecule has 3 aliphatic rings. The van der Waals surface area contributed by atoms with Crippen molar-refractivity contribution < 1.29 is 19.0 Å². The molecule has 1 amide bonds. The van der Waals surface area contributed by atoms with E-state index in [9.17, 15) is 4.79 Å². The normalized spacial score (nSPS) is 34.1. The van der Waals surface area contributed by atoms with Crippen LogP contribution in [0.5, 0.6) is 0 Å². The molecule has 0 aliphatic carbocycles. The largest absolute Gasteiger partial charge is 0.382 e. The Labute approximate surface area is 127 Å². The van der Waals surface area contributed by atoms with Gasteiger partial charge in [-0.3, -0.25) is 20.5 Å². The molecule has 3 heterocycles. The summed E-state index contributed by atoms with van der Waals surface area (Å²) in [6.45, 7) is 0.454. The lowest BCUT2D eigenvalue weighted by molar-refractivity contribution is -0.119. The molecule has 8 nitrogen and oxygen atoms in total. The van der Waals surface area contributed by atoms with Gasteiger partial charge in [-0.05, 0) is 6.08 Å². The maximum Gasteiger partial charge on any atom is 0.257 e. The number of methoxy groups -OCH3 is 2. The molecule has 3 aliphatic heterocycles. The highest BCUT2D eigenvalue weighted by atomic mass is 16.6. The van der Waals surface area contributed by atoms with Crippen LogP contribution in [0, 0.1) is 5.41 Å². The van der Waals surface area contributed by atoms with Crippen molar-refractivity contribution in [1.82, 2.24) is 5.32 Å². The molecule has 4 atom stereocenters. The summed E-state index contributed by atoms with van der Waals surface area (Å²) in [5.41, 5.74) is 1.30. The SMILES string of the molecule is COCC1OC(C2=CC3=NC(=N)NC(=O)C3N=C2)CC1OC. The van der Waals surface area contributed by atoms with Crippen molar-refractivity contribution in [3.05, 3.63) is 11.6 Å². The zero-order valence-corrected chi connectivity index (χ0v) is 12.4. The van der Waals surface area contributed by atoms with Crippen LogP contribution in [0.3, 0.4) is 0 Å². The lowest BCUT2D eigenvalue weighted by Gasteiger charge is -2.23. The van der Waals surface area contributed by atoms with Crippen LogP contribution in [0.15, 0.2) is 21.6 Å². The number of fused-ring (bicyclic) bond motifs is 1. The number of nitrogens with zero attached hydrogens (tertiary/aromatic N) is 2. The van der Waals surface area contributed by atoms with Crippen molar-refractivity contribution in [2.45, 2.75) is 30.8 Å². The van der Waals surface area contributed by atoms with Crippen molar-refractivity contribution in [2.75, 3.05) is 20.8 Å². The summed E-state index contributed by atoms with van der Waals surface area (Å²) >= 11 is 0. The summed E-state index contributed by atoms with van der Waals surface area (Å²) in [4.78, 5) is 20.0. The first-order chi connectivity index (χ1) is 10.6. The van der Waals surface area contributed by atoms with Crippen LogP contribution < -0.4 is 5.32 Å². The van der Waals surface area contributed by atoms with E-state index in [0.717, 1.165) is 5.57 Å². The zero-order valence-electron chi connectivity index (χ0n) is 12.4. The summed E-state index contributed by atoms with van der Waals surface area (Å²) in [5, 5.41) is 9.85. The number of aliphatic imine (C=N–C) groups is 2. The van der Waals surface area contributed by atoms with Gasteiger partial charge in [-0.15, -0.1) is 0 Å². The number of carbonyl (C=O) groups is 1. The summed E-state index contributed by atoms with van der Waals surface area (Å²) in [6, 6.07) is -0.674. The molecule has 0 saturated carbocycles. The van der Waals surface area contributed by atoms with E-state index in [0.29, 0.717) is 18.7 Å². The number of nitrogens with one attached hydrogen (secondary N) is 2. The Morgan fingerprint density at radius 1 is 1.50 bits per heavy atom. The van der Waals surface area contributed by atoms with Gasteiger partial charge in [0.25, 0.3) is 5.91 Å². The van der Waals surface area contributed by atoms with E-state index in [1.165, 1.54) is 0 Å². The molecule has 0 radical (unpaired) electrons. The number of carbonyl (C=O) groups excluding carboxylic acids is 1. The van der Waals surface area contributed by atoms with E-state index >= 15 is 0 Å². The molecule has 0 aromatic rings. The van der Waals surface area contributed by atoms with Crippen molar-refractivity contribution in [2.24, 2.45) is 9.98 Å². The number of hydrogen-bond donors (Lipinski definition) is 2. The molecule has 0 aromatic heterocycles. The highest BCUT2D eigenvalue weighted by Gasteiger charge is 2.39. The standard InChI is InChI=1S/C14H18N4O4/c1-20-6-11-10(21-2)4-9(22-11)7-3-8-12(16-5-7)13(19)18-14(15)17-8/h3,5,9-12H,4,6H2,1-2H3,(H2,15,18,19). The number of hydrogen-bond acceptors (Lipinski definition) is 6. The summed E-state index contributed by atoms with van der Waals surface area (Å²) in [5.74, 6) is -0.496. The van der Waals surface area contributed by atoms with Gasteiger partial charge in [0.2, 0.25) is 5.96 Å². The molecule has 1 saturated heterocycles. The molecule has 0 bridgehead atoms. The van der Waals surface area contributed by atoms with E-state index in [1.54, 1.807) is 26.5 Å². The van der Waals surface area contributed by atoms with Crippen LogP contribution in [-0.4, -0.2) is 69.0 Å². The molecular weight excluding hydrogens is 288 g/mol. The van der Waals surface area contributed by atoms with Gasteiger partial charge < -0.3 is 14.2 Å². The third-order valence-corrected chi connectivity index (χ3v) is 3.90. The van der Waals surface area contributed by atoms with Crippen molar-refractivity contribution in [3.8, 4) is 0 Å². The van der Waals surface area contributed by atoms with Crippen molar-refractivity contribution in [1.29, 1.82) is 5.41 Å². The quantitative estimate of drug-likeness (QED) is 0.743. The molecule has 118 valence electrons. The average Bonchev–Trinajstić information content (AvgIpc) is 2.90. The fraction of sp³-hybridized carbons (Fsp3) is 0.571. The number of dihydropyridines is 1. The van der Waals surface area contributed by atoms with Crippen LogP contribution in [-0.2, 0) is 19.0 Å². The lowest BCUT2D eigenvalue weighted by Crippen LogP contribution is -2.47. The molecule has 4 unspecified atom stereocenters. The molecule has 0 aromatic carbocycles. The Kier molecular flexibility index (Phi) is 4.14. The van der Waals surface area contributed by atoms with E-state index in [-0.39, 0.29) is 30.2 Å². The highest BCUT2D eigenvalue weighted by molar-refractivity contribution is 6.26. The maximum atomic E-state index is 11.8. The first-order valence-corrected chi connectivity index (χ1v) is 7.02. The predicted molar refractivity (Wildman–Crippen MR) is 79.6 cm³/mol. The third kappa shape index (κ3) is 2.72. The smallest absolute Gasteiger partial charge is 0.257 e. The Morgan fingerprint density at radius 3 is 3.05 bits per heavy atom. The zero-order chi connectivity index (χ0) is 15.7. The Morgan fingerprint density at radius 2 is 2.32 bits per heavy atom. The molecule has 1 fully saturated rings. The van der Waals surface area contributed by atoms with Gasteiger partial charge >= 0.3 is 0 Å². The summed E-state index contributed by atoms with van der Waals surface area (Å²) < 4.78 is 16.5. The van der Waals surface area contributed by atoms with Gasteiger partial charge in [-0.1, -0.05) is 0 Å². The average molecular weight is 306 g/mol. The first kappa shape index (κ1) is 15.0. The Bertz CT molecular complexity index is 583. The summed E-state index contributed by atoms with van der Waals surface area (Å²) in [6.07, 6.45) is 3.73. The highest BCUT2D eigenvalue weighted by Crippen LogP contribution is 2.28. The van der Waals surface area contributed by atoms with Crippen LogP contribution in [0.1, 0.15) is 6.42 Å². The lowest BCUT2D eigenvalue weighted by atomic mass is 9.98. The molecule has 3 rings (SSSR count). The van der Waals surface area contributed by atoms with Gasteiger partial charge in [0.1, 0.15) is 6.10 Å². The second kappa shape index (κ2) is 6.07. The number of guanidine groups is 1. The van der Waals surface area contributed by atoms with E-state index in [1.807, 2.05) is 0 Å². The second-order valence-corrected chi connectivity index (χ2v) is 5.33. The minimum atomic E-state index is -0.674. The van der Waals surface area contributed by atoms with Crippen molar-refractivity contribution >= 4 is 23.8 Å². The van der Waals surface area contributed by atoms with E-state index in [2.05, 4.69) is 15.3 Å². The Balaban J connectivity index is 1.79. The molecule has 22 heavy (non-hydrogen) atoms. The molecule has 0 spiro atoms. The predicted octanol–water partition coefficient (Wildman–Crippen LogP) is -0.310. The number of amides is 1. The molecular formula is C14H18N4O4. The van der Waals surface area contributed by atoms with Gasteiger partial charge in [0, 0.05) is 32.4 Å². The molecule has 2 N–H and O–H groups in total. The van der Waals surface area contributed by atoms with Gasteiger partial charge in [0.15, 0.2) is 6.04 Å². The van der Waals surface area contributed by atoms with Crippen LogP contribution in [0.25, 0.3) is 0 Å². The first-order valence-electron chi connectivity index (χ1n) is 7.02. The van der Waals surface area contributed by atoms with Gasteiger partial charge in [0.05, 0.1) is 24.5 Å². The fourth-order valence-electron chi connectivity index (χ4n) is 2.83. The van der Waals surface area contributed by atoms with Crippen molar-refractivity contribution in [3.63, 3.8) is 0 Å².